The number of ether oxygens (including phenoxy) is 1. The average molecular weight is 521 g/mol. The Morgan fingerprint density at radius 2 is 1.86 bits per heavy atom. The zero-order chi connectivity index (χ0) is 26.1. The van der Waals surface area contributed by atoms with Gasteiger partial charge in [-0.15, -0.1) is 0 Å². The van der Waals surface area contributed by atoms with Crippen LogP contribution in [-0.2, 0) is 0 Å². The van der Waals surface area contributed by atoms with Crippen LogP contribution < -0.4 is 14.9 Å². The van der Waals surface area contributed by atoms with Crippen LogP contribution in [-0.4, -0.2) is 20.5 Å². The Morgan fingerprint density at radius 3 is 2.59 bits per heavy atom. The lowest BCUT2D eigenvalue weighted by molar-refractivity contribution is 0.425. The fourth-order valence-corrected chi connectivity index (χ4v) is 4.33. The summed E-state index contributed by atoms with van der Waals surface area (Å²) in [5.41, 5.74) is 2.90. The second-order valence-corrected chi connectivity index (χ2v) is 9.35. The molecule has 5 aromatic rings. The molecule has 0 saturated carbocycles. The molecule has 1 N–H and O–H groups in total. The van der Waals surface area contributed by atoms with Gasteiger partial charge < -0.3 is 18.5 Å². The Balaban J connectivity index is 1.74. The molecule has 0 aliphatic heterocycles. The van der Waals surface area contributed by atoms with Gasteiger partial charge in [-0.3, -0.25) is 4.79 Å². The van der Waals surface area contributed by atoms with E-state index in [1.54, 1.807) is 54.9 Å². The van der Waals surface area contributed by atoms with Crippen molar-refractivity contribution in [3.63, 3.8) is 0 Å². The largest absolute Gasteiger partial charge is 0.452 e. The number of pyridine rings is 1. The molecular weight excluding hydrogens is 498 g/mol. The van der Waals surface area contributed by atoms with Crippen molar-refractivity contribution in [2.24, 2.45) is 0 Å². The molecule has 3 aromatic carbocycles. The van der Waals surface area contributed by atoms with Gasteiger partial charge in [0.05, 0.1) is 11.2 Å². The van der Waals surface area contributed by atoms with Gasteiger partial charge in [-0.1, -0.05) is 24.0 Å². The Bertz CT molecular complexity index is 1680. The molecule has 7 nitrogen and oxygen atoms in total. The summed E-state index contributed by atoms with van der Waals surface area (Å²) in [7, 11) is 0. The molecule has 0 spiro atoms. The lowest BCUT2D eigenvalue weighted by Crippen LogP contribution is -2.12. The predicted molar refractivity (Wildman–Crippen MR) is 140 cm³/mol. The average Bonchev–Trinajstić information content (AvgIpc) is 3.33. The van der Waals surface area contributed by atoms with Gasteiger partial charge in [-0.25, -0.2) is 8.78 Å². The molecule has 0 aliphatic carbocycles. The smallest absolute Gasteiger partial charge is 0.257 e. The van der Waals surface area contributed by atoms with Crippen LogP contribution in [0.25, 0.3) is 28.0 Å². The molecule has 0 atom stereocenters. The summed E-state index contributed by atoms with van der Waals surface area (Å²) in [4.78, 5) is 17.3. The van der Waals surface area contributed by atoms with E-state index < -0.39 is 11.6 Å². The molecule has 5 rings (SSSR count). The molecule has 0 bridgehead atoms. The lowest BCUT2D eigenvalue weighted by Gasteiger charge is -2.19. The molecule has 0 fully saturated rings. The van der Waals surface area contributed by atoms with Gasteiger partial charge in [0.15, 0.2) is 28.6 Å². The van der Waals surface area contributed by atoms with Crippen molar-refractivity contribution in [1.29, 1.82) is 0 Å². The number of nitrogens with zero attached hydrogens (tertiary/aromatic N) is 3. The van der Waals surface area contributed by atoms with E-state index in [0.29, 0.717) is 45.2 Å². The topological polar surface area (TPSA) is 82.2 Å². The SMILES string of the molecule is CCSNc1ccc(Oc2ccc(F)cc2F)c(-n2cc(C)c(=O)c3ccc(-c4nc(C)no4)cc32)c1. The van der Waals surface area contributed by atoms with Crippen molar-refractivity contribution in [1.82, 2.24) is 14.7 Å². The zero-order valence-electron chi connectivity index (χ0n) is 20.2. The second-order valence-electron chi connectivity index (χ2n) is 8.28. The summed E-state index contributed by atoms with van der Waals surface area (Å²) in [5.74, 6) is 0.286. The van der Waals surface area contributed by atoms with Crippen LogP contribution in [0.15, 0.2) is 70.1 Å². The van der Waals surface area contributed by atoms with Crippen molar-refractivity contribution in [2.45, 2.75) is 20.8 Å². The highest BCUT2D eigenvalue weighted by Crippen LogP contribution is 2.35. The minimum Gasteiger partial charge on any atom is -0.452 e. The first kappa shape index (κ1) is 24.5. The maximum atomic E-state index is 14.5. The van der Waals surface area contributed by atoms with E-state index in [9.17, 15) is 13.6 Å². The number of rotatable bonds is 7. The van der Waals surface area contributed by atoms with Crippen molar-refractivity contribution in [3.05, 3.63) is 94.0 Å². The Hall–Kier alpha value is -4.18. The number of nitrogens with one attached hydrogen (secondary N) is 1. The fourth-order valence-electron chi connectivity index (χ4n) is 3.89. The first-order chi connectivity index (χ1) is 17.8. The minimum absolute atomic E-state index is 0.123. The van der Waals surface area contributed by atoms with E-state index >= 15 is 0 Å². The number of hydrogen-bond donors (Lipinski definition) is 1. The second kappa shape index (κ2) is 10.1. The first-order valence-corrected chi connectivity index (χ1v) is 12.4. The van der Waals surface area contributed by atoms with E-state index in [0.717, 1.165) is 23.6 Å². The van der Waals surface area contributed by atoms with Crippen LogP contribution >= 0.6 is 11.9 Å². The highest BCUT2D eigenvalue weighted by Gasteiger charge is 2.17. The van der Waals surface area contributed by atoms with Gasteiger partial charge in [-0.2, -0.15) is 4.98 Å². The van der Waals surface area contributed by atoms with Gasteiger partial charge in [0, 0.05) is 40.2 Å². The Kier molecular flexibility index (Phi) is 6.66. The maximum Gasteiger partial charge on any atom is 0.257 e. The number of halogens is 2. The first-order valence-electron chi connectivity index (χ1n) is 11.5. The van der Waals surface area contributed by atoms with E-state index in [1.807, 2.05) is 13.0 Å². The number of hydrogen-bond acceptors (Lipinski definition) is 7. The third kappa shape index (κ3) is 4.92. The quantitative estimate of drug-likeness (QED) is 0.236. The summed E-state index contributed by atoms with van der Waals surface area (Å²) >= 11 is 1.51. The Labute approximate surface area is 215 Å². The van der Waals surface area contributed by atoms with Crippen LogP contribution in [0.1, 0.15) is 18.3 Å². The molecule has 0 unspecified atom stereocenters. The van der Waals surface area contributed by atoms with Gasteiger partial charge in [0.25, 0.3) is 5.89 Å². The summed E-state index contributed by atoms with van der Waals surface area (Å²) < 4.78 is 44.3. The van der Waals surface area contributed by atoms with E-state index in [-0.39, 0.29) is 11.2 Å². The number of benzene rings is 3. The van der Waals surface area contributed by atoms with E-state index in [1.165, 1.54) is 18.0 Å². The van der Waals surface area contributed by atoms with E-state index in [4.69, 9.17) is 9.26 Å². The minimum atomic E-state index is -0.829. The molecule has 2 aromatic heterocycles. The molecule has 0 amide bonds. The summed E-state index contributed by atoms with van der Waals surface area (Å²) in [6.07, 6.45) is 1.70. The highest BCUT2D eigenvalue weighted by atomic mass is 32.2. The van der Waals surface area contributed by atoms with Crippen LogP contribution in [0.4, 0.5) is 14.5 Å². The normalized spacial score (nSPS) is 11.2. The molecule has 0 radical (unpaired) electrons. The zero-order valence-corrected chi connectivity index (χ0v) is 21.0. The van der Waals surface area contributed by atoms with Gasteiger partial charge in [0.2, 0.25) is 0 Å². The van der Waals surface area contributed by atoms with Crippen LogP contribution in [0.5, 0.6) is 11.5 Å². The predicted octanol–water partition coefficient (Wildman–Crippen LogP) is 6.81. The molecule has 0 aliphatic rings. The van der Waals surface area contributed by atoms with Gasteiger partial charge in [-0.05, 0) is 62.4 Å². The molecule has 37 heavy (non-hydrogen) atoms. The summed E-state index contributed by atoms with van der Waals surface area (Å²) in [6, 6.07) is 13.7. The third-order valence-corrected chi connectivity index (χ3v) is 6.29. The fraction of sp³-hybridized carbons (Fsp3) is 0.148. The Morgan fingerprint density at radius 1 is 1.05 bits per heavy atom. The van der Waals surface area contributed by atoms with Gasteiger partial charge in [0.1, 0.15) is 5.82 Å². The number of anilines is 1. The van der Waals surface area contributed by atoms with Crippen molar-refractivity contribution >= 4 is 28.5 Å². The van der Waals surface area contributed by atoms with Crippen LogP contribution in [0, 0.1) is 25.5 Å². The van der Waals surface area contributed by atoms with Gasteiger partial charge >= 0.3 is 0 Å². The molecule has 0 saturated heterocycles. The van der Waals surface area contributed by atoms with Crippen LogP contribution in [0.2, 0.25) is 0 Å². The summed E-state index contributed by atoms with van der Waals surface area (Å²) in [5, 5.41) is 4.33. The summed E-state index contributed by atoms with van der Waals surface area (Å²) in [6.45, 7) is 5.47. The molecule has 10 heteroatoms. The lowest BCUT2D eigenvalue weighted by atomic mass is 10.1. The van der Waals surface area contributed by atoms with Crippen molar-refractivity contribution in [2.75, 3.05) is 10.5 Å². The molecular formula is C27H22F2N4O3S. The van der Waals surface area contributed by atoms with E-state index in [2.05, 4.69) is 14.9 Å². The number of fused-ring (bicyclic) bond motifs is 1. The van der Waals surface area contributed by atoms with Crippen molar-refractivity contribution < 1.29 is 18.0 Å². The number of aryl methyl sites for hydroxylation is 2. The molecule has 2 heterocycles. The highest BCUT2D eigenvalue weighted by molar-refractivity contribution is 8.00. The molecule has 188 valence electrons. The standard InChI is InChI=1S/C27H22F2N4O3S/c1-4-37-32-19-7-10-25(35-24-9-6-18(28)12-21(24)29)23(13-19)33-14-15(2)26(34)20-8-5-17(11-22(20)33)27-30-16(3)31-36-27/h5-14,32H,4H2,1-3H3. The third-order valence-electron chi connectivity index (χ3n) is 5.62. The maximum absolute atomic E-state index is 14.5. The van der Waals surface area contributed by atoms with Crippen molar-refractivity contribution in [3.8, 4) is 28.6 Å². The number of aromatic nitrogens is 3. The monoisotopic (exact) mass is 520 g/mol. The van der Waals surface area contributed by atoms with Crippen LogP contribution in [0.3, 0.4) is 0 Å².